The van der Waals surface area contributed by atoms with Gasteiger partial charge in [-0.1, -0.05) is 0 Å². The van der Waals surface area contributed by atoms with Gasteiger partial charge >= 0.3 is 0 Å². The Morgan fingerprint density at radius 3 is 2.83 bits per heavy atom. The maximum atomic E-state index is 9.36. The third kappa shape index (κ3) is 4.93. The molecule has 0 aromatic carbocycles. The third-order valence-corrected chi connectivity index (χ3v) is 3.26. The van der Waals surface area contributed by atoms with Crippen LogP contribution in [0.25, 0.3) is 0 Å². The quantitative estimate of drug-likeness (QED) is 0.783. The molecule has 1 N–H and O–H groups in total. The van der Waals surface area contributed by atoms with Gasteiger partial charge in [-0.15, -0.1) is 0 Å². The van der Waals surface area contributed by atoms with Crippen LogP contribution >= 0.6 is 0 Å². The van der Waals surface area contributed by atoms with Crippen LogP contribution in [0.1, 0.15) is 40.5 Å². The summed E-state index contributed by atoms with van der Waals surface area (Å²) in [6.45, 7) is 11.7. The number of nitrogens with zero attached hydrogens (tertiary/aromatic N) is 2. The molecule has 0 spiro atoms. The molecular formula is C14H27N3O. The molecule has 1 fully saturated rings. The largest absolute Gasteiger partial charge is 0.377 e. The Morgan fingerprint density at radius 1 is 1.56 bits per heavy atom. The maximum Gasteiger partial charge on any atom is 0.116 e. The first-order chi connectivity index (χ1) is 8.49. The molecule has 1 aliphatic rings. The SMILES string of the molecule is CCOC1CCCN(CC(C)(C#N)NC(C)C)C1. The van der Waals surface area contributed by atoms with Gasteiger partial charge in [-0.2, -0.15) is 5.26 Å². The first kappa shape index (κ1) is 15.4. The molecule has 2 unspecified atom stereocenters. The highest BCUT2D eigenvalue weighted by Gasteiger charge is 2.30. The number of likely N-dealkylation sites (tertiary alicyclic amines) is 1. The Kier molecular flexibility index (Phi) is 6.07. The lowest BCUT2D eigenvalue weighted by molar-refractivity contribution is 0.00126. The summed E-state index contributed by atoms with van der Waals surface area (Å²) >= 11 is 0. The standard InChI is InChI=1S/C14H27N3O/c1-5-18-13-7-6-8-17(9-13)11-14(4,10-15)16-12(2)3/h12-13,16H,5-9,11H2,1-4H3. The van der Waals surface area contributed by atoms with Crippen molar-refractivity contribution in [1.82, 2.24) is 10.2 Å². The van der Waals surface area contributed by atoms with Crippen LogP contribution in [0, 0.1) is 11.3 Å². The fourth-order valence-corrected chi connectivity index (χ4v) is 2.73. The number of nitriles is 1. The number of rotatable bonds is 6. The molecule has 4 heteroatoms. The van der Waals surface area contributed by atoms with Crippen molar-refractivity contribution in [2.75, 3.05) is 26.2 Å². The van der Waals surface area contributed by atoms with Crippen LogP contribution in [0.15, 0.2) is 0 Å². The predicted molar refractivity (Wildman–Crippen MR) is 73.4 cm³/mol. The van der Waals surface area contributed by atoms with Gasteiger partial charge in [-0.25, -0.2) is 0 Å². The number of hydrogen-bond donors (Lipinski definition) is 1. The zero-order chi connectivity index (χ0) is 13.6. The molecule has 1 heterocycles. The topological polar surface area (TPSA) is 48.3 Å². The van der Waals surface area contributed by atoms with E-state index in [-0.39, 0.29) is 0 Å². The number of ether oxygens (including phenoxy) is 1. The first-order valence-corrected chi connectivity index (χ1v) is 7.02. The van der Waals surface area contributed by atoms with E-state index in [9.17, 15) is 5.26 Å². The highest BCUT2D eigenvalue weighted by Crippen LogP contribution is 2.16. The van der Waals surface area contributed by atoms with Crippen molar-refractivity contribution in [3.05, 3.63) is 0 Å². The summed E-state index contributed by atoms with van der Waals surface area (Å²) in [5.41, 5.74) is -0.470. The summed E-state index contributed by atoms with van der Waals surface area (Å²) in [5.74, 6) is 0. The van der Waals surface area contributed by atoms with Gasteiger partial charge in [0.1, 0.15) is 5.54 Å². The number of piperidine rings is 1. The summed E-state index contributed by atoms with van der Waals surface area (Å²) in [6, 6.07) is 2.73. The van der Waals surface area contributed by atoms with Gasteiger partial charge in [0.25, 0.3) is 0 Å². The molecule has 104 valence electrons. The predicted octanol–water partition coefficient (Wildman–Crippen LogP) is 1.77. The minimum atomic E-state index is -0.470. The highest BCUT2D eigenvalue weighted by atomic mass is 16.5. The van der Waals surface area contributed by atoms with Crippen molar-refractivity contribution in [2.45, 2.75) is 58.2 Å². The summed E-state index contributed by atoms with van der Waals surface area (Å²) in [4.78, 5) is 2.35. The van der Waals surface area contributed by atoms with Crippen molar-refractivity contribution in [3.8, 4) is 6.07 Å². The third-order valence-electron chi connectivity index (χ3n) is 3.26. The molecule has 1 rings (SSSR count). The normalized spacial score (nSPS) is 24.8. The molecule has 0 radical (unpaired) electrons. The number of hydrogen-bond acceptors (Lipinski definition) is 4. The van der Waals surface area contributed by atoms with E-state index >= 15 is 0 Å². The van der Waals surface area contributed by atoms with Gasteiger partial charge in [0.2, 0.25) is 0 Å². The zero-order valence-corrected chi connectivity index (χ0v) is 12.2. The van der Waals surface area contributed by atoms with Crippen LogP contribution in [0.5, 0.6) is 0 Å². The van der Waals surface area contributed by atoms with Gasteiger partial charge in [-0.05, 0) is 47.1 Å². The Balaban J connectivity index is 2.51. The molecule has 2 atom stereocenters. The lowest BCUT2D eigenvalue weighted by atomic mass is 10.00. The van der Waals surface area contributed by atoms with Crippen LogP contribution < -0.4 is 5.32 Å². The van der Waals surface area contributed by atoms with Crippen LogP contribution in [0.4, 0.5) is 0 Å². The number of nitrogens with one attached hydrogen (secondary N) is 1. The smallest absolute Gasteiger partial charge is 0.116 e. The Labute approximate surface area is 111 Å². The summed E-state index contributed by atoms with van der Waals surface area (Å²) in [5, 5.41) is 12.7. The molecule has 0 aromatic rings. The average Bonchev–Trinajstić information content (AvgIpc) is 2.28. The van der Waals surface area contributed by atoms with E-state index < -0.39 is 5.54 Å². The summed E-state index contributed by atoms with van der Waals surface area (Å²) in [7, 11) is 0. The zero-order valence-electron chi connectivity index (χ0n) is 12.2. The van der Waals surface area contributed by atoms with E-state index in [1.54, 1.807) is 0 Å². The van der Waals surface area contributed by atoms with E-state index in [4.69, 9.17) is 4.74 Å². The molecular weight excluding hydrogens is 226 g/mol. The molecule has 0 aromatic heterocycles. The van der Waals surface area contributed by atoms with Crippen molar-refractivity contribution < 1.29 is 4.74 Å². The van der Waals surface area contributed by atoms with Gasteiger partial charge < -0.3 is 4.74 Å². The van der Waals surface area contributed by atoms with Gasteiger partial charge in [0.15, 0.2) is 0 Å². The molecule has 0 aliphatic carbocycles. The lowest BCUT2D eigenvalue weighted by Crippen LogP contribution is -2.55. The van der Waals surface area contributed by atoms with Crippen LogP contribution in [0.3, 0.4) is 0 Å². The van der Waals surface area contributed by atoms with Gasteiger partial charge in [-0.3, -0.25) is 10.2 Å². The van der Waals surface area contributed by atoms with Crippen LogP contribution in [-0.2, 0) is 4.74 Å². The second-order valence-electron chi connectivity index (χ2n) is 5.70. The fraction of sp³-hybridized carbons (Fsp3) is 0.929. The Morgan fingerprint density at radius 2 is 2.28 bits per heavy atom. The minimum Gasteiger partial charge on any atom is -0.377 e. The lowest BCUT2D eigenvalue weighted by Gasteiger charge is -2.37. The fourth-order valence-electron chi connectivity index (χ4n) is 2.73. The van der Waals surface area contributed by atoms with Crippen LogP contribution in [-0.4, -0.2) is 48.8 Å². The molecule has 4 nitrogen and oxygen atoms in total. The van der Waals surface area contributed by atoms with Crippen molar-refractivity contribution in [3.63, 3.8) is 0 Å². The average molecular weight is 253 g/mol. The second-order valence-corrected chi connectivity index (χ2v) is 5.70. The van der Waals surface area contributed by atoms with E-state index in [2.05, 4.69) is 30.1 Å². The van der Waals surface area contributed by atoms with E-state index in [1.807, 2.05) is 13.8 Å². The summed E-state index contributed by atoms with van der Waals surface area (Å²) < 4.78 is 5.70. The van der Waals surface area contributed by atoms with E-state index in [0.29, 0.717) is 12.1 Å². The van der Waals surface area contributed by atoms with Crippen molar-refractivity contribution >= 4 is 0 Å². The van der Waals surface area contributed by atoms with Gasteiger partial charge in [0, 0.05) is 25.7 Å². The molecule has 1 aliphatic heterocycles. The second kappa shape index (κ2) is 7.08. The van der Waals surface area contributed by atoms with E-state index in [1.165, 1.54) is 0 Å². The minimum absolute atomic E-state index is 0.321. The highest BCUT2D eigenvalue weighted by molar-refractivity contribution is 5.06. The monoisotopic (exact) mass is 253 g/mol. The summed E-state index contributed by atoms with van der Waals surface area (Å²) in [6.07, 6.45) is 2.64. The molecule has 1 saturated heterocycles. The molecule has 0 saturated carbocycles. The molecule has 0 bridgehead atoms. The van der Waals surface area contributed by atoms with Crippen molar-refractivity contribution in [2.24, 2.45) is 0 Å². The Hall–Kier alpha value is -0.630. The van der Waals surface area contributed by atoms with E-state index in [0.717, 1.165) is 39.1 Å². The Bertz CT molecular complexity index is 285. The van der Waals surface area contributed by atoms with Crippen LogP contribution in [0.2, 0.25) is 0 Å². The van der Waals surface area contributed by atoms with Crippen molar-refractivity contribution in [1.29, 1.82) is 5.26 Å². The van der Waals surface area contributed by atoms with Gasteiger partial charge in [0.05, 0.1) is 12.2 Å². The molecule has 18 heavy (non-hydrogen) atoms. The molecule has 0 amide bonds. The maximum absolute atomic E-state index is 9.36. The first-order valence-electron chi connectivity index (χ1n) is 7.02.